The van der Waals surface area contributed by atoms with E-state index < -0.39 is 18.4 Å². The lowest BCUT2D eigenvalue weighted by Crippen LogP contribution is -2.57. The summed E-state index contributed by atoms with van der Waals surface area (Å²) in [5, 5.41) is 15.3. The molecule has 164 valence electrons. The fourth-order valence-corrected chi connectivity index (χ4v) is 4.50. The molecule has 0 amide bonds. The van der Waals surface area contributed by atoms with Gasteiger partial charge in [0.1, 0.15) is 12.1 Å². The molecule has 0 saturated carbocycles. The molecule has 10 heteroatoms. The molecule has 31 heavy (non-hydrogen) atoms. The molecule has 0 aliphatic carbocycles. The third-order valence-electron chi connectivity index (χ3n) is 5.92. The van der Waals surface area contributed by atoms with Crippen LogP contribution < -0.4 is 14.8 Å². The van der Waals surface area contributed by atoms with Gasteiger partial charge in [-0.05, 0) is 11.6 Å². The number of aliphatic hydroxyl groups is 1. The van der Waals surface area contributed by atoms with Gasteiger partial charge in [-0.25, -0.2) is 4.98 Å². The number of pyridine rings is 1. The molecule has 3 aromatic rings. The van der Waals surface area contributed by atoms with Gasteiger partial charge in [0.25, 0.3) is 0 Å². The molecule has 0 radical (unpaired) electrons. The highest BCUT2D eigenvalue weighted by Crippen LogP contribution is 2.39. The fraction of sp³-hybridized carbons (Fsp3) is 0.429. The van der Waals surface area contributed by atoms with Gasteiger partial charge in [0.15, 0.2) is 17.8 Å². The van der Waals surface area contributed by atoms with E-state index in [0.29, 0.717) is 29.7 Å². The van der Waals surface area contributed by atoms with E-state index in [4.69, 9.17) is 30.5 Å². The number of nitrogens with one attached hydrogen (secondary N) is 1. The van der Waals surface area contributed by atoms with E-state index in [9.17, 15) is 5.11 Å². The first-order valence-electron chi connectivity index (χ1n) is 9.96. The first kappa shape index (κ1) is 20.5. The number of benzene rings is 1. The lowest BCUT2D eigenvalue weighted by molar-refractivity contribution is -0.164. The van der Waals surface area contributed by atoms with E-state index in [1.54, 1.807) is 39.0 Å². The van der Waals surface area contributed by atoms with Gasteiger partial charge in [0.05, 0.1) is 55.4 Å². The van der Waals surface area contributed by atoms with E-state index >= 15 is 0 Å². The van der Waals surface area contributed by atoms with Crippen LogP contribution in [0, 0.1) is 0 Å². The summed E-state index contributed by atoms with van der Waals surface area (Å²) in [6, 6.07) is 4.65. The van der Waals surface area contributed by atoms with Crippen LogP contribution in [0.4, 0.5) is 0 Å². The number of ether oxygens (including phenoxy) is 4. The Bertz CT molecular complexity index is 1090. The van der Waals surface area contributed by atoms with Crippen LogP contribution in [0.3, 0.4) is 0 Å². The van der Waals surface area contributed by atoms with Crippen molar-refractivity contribution in [2.45, 2.75) is 37.1 Å². The number of halogens is 1. The van der Waals surface area contributed by atoms with Gasteiger partial charge in [0, 0.05) is 31.1 Å². The topological polar surface area (TPSA) is 99.9 Å². The Balaban J connectivity index is 1.46. The fourth-order valence-electron chi connectivity index (χ4n) is 4.32. The monoisotopic (exact) mass is 446 g/mol. The molecule has 5 atom stereocenters. The van der Waals surface area contributed by atoms with Gasteiger partial charge in [-0.3, -0.25) is 4.98 Å². The van der Waals surface area contributed by atoms with Crippen molar-refractivity contribution in [2.75, 3.05) is 20.8 Å². The quantitative estimate of drug-likeness (QED) is 0.592. The maximum atomic E-state index is 11.3. The van der Waals surface area contributed by atoms with Crippen LogP contribution in [0.5, 0.6) is 11.5 Å². The Labute approximate surface area is 183 Å². The summed E-state index contributed by atoms with van der Waals surface area (Å²) >= 11 is 6.23. The predicted octanol–water partition coefficient (Wildman–Crippen LogP) is 1.92. The maximum absolute atomic E-state index is 11.3. The first-order valence-corrected chi connectivity index (χ1v) is 10.3. The number of hydrogen-bond donors (Lipinski definition) is 2. The molecule has 2 bridgehead atoms. The Morgan fingerprint density at radius 3 is 2.87 bits per heavy atom. The van der Waals surface area contributed by atoms with E-state index in [1.807, 2.05) is 16.7 Å². The van der Waals surface area contributed by atoms with Crippen molar-refractivity contribution >= 4 is 22.6 Å². The minimum atomic E-state index is -0.780. The minimum Gasteiger partial charge on any atom is -0.493 e. The average Bonchev–Trinajstić information content (AvgIpc) is 3.39. The third kappa shape index (κ3) is 3.52. The standard InChI is InChI=1S/C21H23ClN4O5/c1-28-15-5-13-14(6-16(15)29-2)26(10-25-13)19-20(27)18(17-9-30-21(19)31-17)24-7-11-3-4-23-8-12(11)22/h3-6,8,10,17-21,24,27H,7,9H2,1-2H3/t17-,18-,19-,20+,21-/m1/s1. The zero-order valence-corrected chi connectivity index (χ0v) is 17.8. The van der Waals surface area contributed by atoms with E-state index in [0.717, 1.165) is 16.6 Å². The molecule has 2 saturated heterocycles. The number of hydrogen-bond acceptors (Lipinski definition) is 8. The lowest BCUT2D eigenvalue weighted by atomic mass is 9.95. The van der Waals surface area contributed by atoms with Crippen molar-refractivity contribution in [2.24, 2.45) is 0 Å². The van der Waals surface area contributed by atoms with Gasteiger partial charge < -0.3 is 33.9 Å². The van der Waals surface area contributed by atoms with Gasteiger partial charge in [0.2, 0.25) is 0 Å². The molecule has 4 heterocycles. The Hall–Kier alpha value is -2.43. The Morgan fingerprint density at radius 1 is 1.29 bits per heavy atom. The molecule has 1 aromatic carbocycles. The highest BCUT2D eigenvalue weighted by Gasteiger charge is 2.51. The summed E-state index contributed by atoms with van der Waals surface area (Å²) in [5.41, 5.74) is 2.40. The van der Waals surface area contributed by atoms with Crippen molar-refractivity contribution < 1.29 is 24.1 Å². The van der Waals surface area contributed by atoms with Crippen LogP contribution in [0.15, 0.2) is 36.9 Å². The molecule has 0 unspecified atom stereocenters. The summed E-state index contributed by atoms with van der Waals surface area (Å²) in [6.45, 7) is 0.861. The number of fused-ring (bicyclic) bond motifs is 3. The first-order chi connectivity index (χ1) is 15.1. The van der Waals surface area contributed by atoms with Crippen molar-refractivity contribution in [3.63, 3.8) is 0 Å². The molecular formula is C21H23ClN4O5. The maximum Gasteiger partial charge on any atom is 0.181 e. The molecule has 2 fully saturated rings. The number of nitrogens with zero attached hydrogens (tertiary/aromatic N) is 3. The van der Waals surface area contributed by atoms with E-state index in [1.165, 1.54) is 0 Å². The molecular weight excluding hydrogens is 424 g/mol. The second kappa shape index (κ2) is 8.25. The highest BCUT2D eigenvalue weighted by molar-refractivity contribution is 6.31. The SMILES string of the molecule is COc1cc2ncn([C@H]3[C@@H]4OC[C@@H](O4)[C@@H](NCc4ccncc4Cl)[C@@H]3O)c2cc1OC. The molecule has 5 rings (SSSR count). The summed E-state index contributed by atoms with van der Waals surface area (Å²) < 4.78 is 24.7. The summed E-state index contributed by atoms with van der Waals surface area (Å²) in [4.78, 5) is 8.50. The molecule has 2 aliphatic rings. The van der Waals surface area contributed by atoms with Crippen molar-refractivity contribution in [1.82, 2.24) is 19.9 Å². The highest BCUT2D eigenvalue weighted by atomic mass is 35.5. The molecule has 2 aliphatic heterocycles. The second-order valence-corrected chi connectivity index (χ2v) is 7.99. The van der Waals surface area contributed by atoms with Crippen molar-refractivity contribution in [1.29, 1.82) is 0 Å². The third-order valence-corrected chi connectivity index (χ3v) is 6.26. The van der Waals surface area contributed by atoms with Gasteiger partial charge in [-0.15, -0.1) is 0 Å². The molecule has 0 spiro atoms. The second-order valence-electron chi connectivity index (χ2n) is 7.58. The predicted molar refractivity (Wildman–Crippen MR) is 112 cm³/mol. The van der Waals surface area contributed by atoms with Gasteiger partial charge in [-0.2, -0.15) is 0 Å². The van der Waals surface area contributed by atoms with Crippen LogP contribution in [0.25, 0.3) is 11.0 Å². The molecule has 2 N–H and O–H groups in total. The zero-order chi connectivity index (χ0) is 21.5. The number of methoxy groups -OCH3 is 2. The van der Waals surface area contributed by atoms with Crippen molar-refractivity contribution in [3.05, 3.63) is 47.5 Å². The van der Waals surface area contributed by atoms with Crippen LogP contribution in [0.2, 0.25) is 5.02 Å². The smallest absolute Gasteiger partial charge is 0.181 e. The van der Waals surface area contributed by atoms with Crippen LogP contribution in [0.1, 0.15) is 11.6 Å². The summed E-state index contributed by atoms with van der Waals surface area (Å²) in [6.07, 6.45) is 3.35. The average molecular weight is 447 g/mol. The van der Waals surface area contributed by atoms with Crippen LogP contribution >= 0.6 is 11.6 Å². The van der Waals surface area contributed by atoms with Crippen LogP contribution in [-0.2, 0) is 16.0 Å². The van der Waals surface area contributed by atoms with E-state index in [-0.39, 0.29) is 12.1 Å². The number of imidazole rings is 1. The number of rotatable bonds is 6. The molecule has 2 aromatic heterocycles. The Kier molecular flexibility index (Phi) is 5.45. The minimum absolute atomic E-state index is 0.263. The van der Waals surface area contributed by atoms with Crippen LogP contribution in [-0.4, -0.2) is 65.0 Å². The largest absolute Gasteiger partial charge is 0.493 e. The van der Waals surface area contributed by atoms with Crippen molar-refractivity contribution in [3.8, 4) is 11.5 Å². The van der Waals surface area contributed by atoms with Gasteiger partial charge in [-0.1, -0.05) is 11.6 Å². The number of aliphatic hydroxyl groups excluding tert-OH is 1. The molecule has 9 nitrogen and oxygen atoms in total. The number of aromatic nitrogens is 3. The van der Waals surface area contributed by atoms with Gasteiger partial charge >= 0.3 is 0 Å². The zero-order valence-electron chi connectivity index (χ0n) is 17.1. The Morgan fingerprint density at radius 2 is 2.10 bits per heavy atom. The summed E-state index contributed by atoms with van der Waals surface area (Å²) in [5.74, 6) is 1.17. The summed E-state index contributed by atoms with van der Waals surface area (Å²) in [7, 11) is 3.16. The normalized spacial score (nSPS) is 27.5. The lowest BCUT2D eigenvalue weighted by Gasteiger charge is -2.39. The van der Waals surface area contributed by atoms with E-state index in [2.05, 4.69) is 15.3 Å².